The van der Waals surface area contributed by atoms with E-state index < -0.39 is 10.0 Å². The average Bonchev–Trinajstić information content (AvgIpc) is 3.57. The Morgan fingerprint density at radius 3 is 2.34 bits per heavy atom. The number of sulfonamides is 1. The molecule has 0 spiro atoms. The van der Waals surface area contributed by atoms with E-state index in [0.29, 0.717) is 54.9 Å². The van der Waals surface area contributed by atoms with Gasteiger partial charge in [0.05, 0.1) is 15.9 Å². The lowest BCUT2D eigenvalue weighted by Crippen LogP contribution is -2.40. The van der Waals surface area contributed by atoms with Crippen LogP contribution in [0.15, 0.2) is 23.1 Å². The van der Waals surface area contributed by atoms with Crippen LogP contribution >= 0.6 is 0 Å². The molecule has 1 saturated carbocycles. The smallest absolute Gasteiger partial charge is 0.243 e. The second-order valence-corrected chi connectivity index (χ2v) is 13.7. The number of benzene rings is 1. The first kappa shape index (κ1) is 24.9. The molecule has 3 heterocycles. The van der Waals surface area contributed by atoms with Crippen molar-refractivity contribution in [1.29, 1.82) is 0 Å². The van der Waals surface area contributed by atoms with E-state index in [1.807, 2.05) is 6.07 Å². The molecule has 0 radical (unpaired) electrons. The van der Waals surface area contributed by atoms with Crippen LogP contribution in [0.4, 0.5) is 0 Å². The van der Waals surface area contributed by atoms with Crippen LogP contribution in [0.2, 0.25) is 0 Å². The number of hydrogen-bond acceptors (Lipinski definition) is 5. The van der Waals surface area contributed by atoms with Gasteiger partial charge in [0.15, 0.2) is 0 Å². The number of aromatic nitrogens is 2. The van der Waals surface area contributed by atoms with Gasteiger partial charge in [-0.1, -0.05) is 20.8 Å². The standard InChI is InChI=1S/C27H39N3O4S/c1-27(2,3)26-28-23-17-22(6-7-24(23)30(26)18-20-10-14-34-15-11-20)35(32,33)29-12-8-21(9-13-29)25(31)16-19-4-5-19/h6-7,17,19-21H,4-5,8-16,18H2,1-3H3. The summed E-state index contributed by atoms with van der Waals surface area (Å²) in [5, 5.41) is 0. The Kier molecular flexibility index (Phi) is 6.83. The molecule has 1 aromatic carbocycles. The first-order valence-electron chi connectivity index (χ1n) is 13.2. The molecule has 1 aliphatic carbocycles. The summed E-state index contributed by atoms with van der Waals surface area (Å²) < 4.78 is 36.4. The van der Waals surface area contributed by atoms with E-state index in [9.17, 15) is 13.2 Å². The Morgan fingerprint density at radius 2 is 1.71 bits per heavy atom. The summed E-state index contributed by atoms with van der Waals surface area (Å²) in [4.78, 5) is 17.7. The van der Waals surface area contributed by atoms with E-state index in [0.717, 1.165) is 49.5 Å². The predicted octanol–water partition coefficient (Wildman–Crippen LogP) is 4.53. The fraction of sp³-hybridized carbons (Fsp3) is 0.704. The first-order chi connectivity index (χ1) is 16.6. The minimum atomic E-state index is -3.62. The van der Waals surface area contributed by atoms with Crippen LogP contribution in [0.25, 0.3) is 11.0 Å². The van der Waals surface area contributed by atoms with Gasteiger partial charge in [-0.05, 0) is 68.6 Å². The molecule has 0 bridgehead atoms. The number of fused-ring (bicyclic) bond motifs is 1. The van der Waals surface area contributed by atoms with E-state index in [1.165, 1.54) is 12.8 Å². The van der Waals surface area contributed by atoms with Gasteiger partial charge in [-0.25, -0.2) is 13.4 Å². The lowest BCUT2D eigenvalue weighted by molar-refractivity contribution is -0.124. The van der Waals surface area contributed by atoms with Crippen LogP contribution in [-0.4, -0.2) is 54.4 Å². The molecule has 3 aliphatic rings. The largest absolute Gasteiger partial charge is 0.381 e. The first-order valence-corrected chi connectivity index (χ1v) is 14.7. The summed E-state index contributed by atoms with van der Waals surface area (Å²) in [7, 11) is -3.62. The quantitative estimate of drug-likeness (QED) is 0.557. The third-order valence-electron chi connectivity index (χ3n) is 7.91. The van der Waals surface area contributed by atoms with Crippen molar-refractivity contribution < 1.29 is 17.9 Å². The van der Waals surface area contributed by atoms with Crippen LogP contribution in [0.1, 0.15) is 71.5 Å². The van der Waals surface area contributed by atoms with Crippen molar-refractivity contribution >= 4 is 26.8 Å². The molecule has 0 amide bonds. The third-order valence-corrected chi connectivity index (χ3v) is 9.80. The molecule has 0 unspecified atom stereocenters. The zero-order chi connectivity index (χ0) is 24.8. The normalized spacial score (nSPS) is 21.6. The number of piperidine rings is 1. The number of carbonyl (C=O) groups excluding carboxylic acids is 1. The van der Waals surface area contributed by atoms with Gasteiger partial charge in [0, 0.05) is 50.6 Å². The van der Waals surface area contributed by atoms with Crippen molar-refractivity contribution in [2.24, 2.45) is 17.8 Å². The summed E-state index contributed by atoms with van der Waals surface area (Å²) in [6.45, 7) is 9.75. The van der Waals surface area contributed by atoms with E-state index >= 15 is 0 Å². The lowest BCUT2D eigenvalue weighted by atomic mass is 9.91. The Labute approximate surface area is 209 Å². The number of carbonyl (C=O) groups is 1. The number of ketones is 1. The fourth-order valence-electron chi connectivity index (χ4n) is 5.55. The summed E-state index contributed by atoms with van der Waals surface area (Å²) in [6.07, 6.45) is 6.35. The number of Topliss-reactive ketones (excluding diaryl/α,β-unsaturated/α-hetero) is 1. The SMILES string of the molecule is CC(C)(C)c1nc2cc(S(=O)(=O)N3CCC(C(=O)CC4CC4)CC3)ccc2n1CC1CCOCC1. The predicted molar refractivity (Wildman–Crippen MR) is 136 cm³/mol. The second kappa shape index (κ2) is 9.60. The Balaban J connectivity index is 1.37. The molecule has 8 heteroatoms. The van der Waals surface area contributed by atoms with E-state index in [-0.39, 0.29) is 11.3 Å². The molecule has 1 aromatic heterocycles. The van der Waals surface area contributed by atoms with Gasteiger partial charge in [0.25, 0.3) is 0 Å². The van der Waals surface area contributed by atoms with Crippen LogP contribution in [0, 0.1) is 17.8 Å². The Morgan fingerprint density at radius 1 is 1.03 bits per heavy atom. The van der Waals surface area contributed by atoms with Gasteiger partial charge in [-0.15, -0.1) is 0 Å². The van der Waals surface area contributed by atoms with Crippen LogP contribution in [0.5, 0.6) is 0 Å². The zero-order valence-corrected chi connectivity index (χ0v) is 22.1. The third kappa shape index (κ3) is 5.35. The molecule has 192 valence electrons. The number of ether oxygens (including phenoxy) is 1. The van der Waals surface area contributed by atoms with E-state index in [2.05, 4.69) is 25.3 Å². The lowest BCUT2D eigenvalue weighted by Gasteiger charge is -2.30. The van der Waals surface area contributed by atoms with Crippen LogP contribution < -0.4 is 0 Å². The molecule has 0 N–H and O–H groups in total. The summed E-state index contributed by atoms with van der Waals surface area (Å²) in [5.74, 6) is 2.45. The molecular formula is C27H39N3O4S. The second-order valence-electron chi connectivity index (χ2n) is 11.8. The van der Waals surface area contributed by atoms with Crippen molar-refractivity contribution in [3.63, 3.8) is 0 Å². The topological polar surface area (TPSA) is 81.5 Å². The van der Waals surface area contributed by atoms with Crippen LogP contribution in [0.3, 0.4) is 0 Å². The molecule has 0 atom stereocenters. The van der Waals surface area contributed by atoms with Gasteiger partial charge >= 0.3 is 0 Å². The van der Waals surface area contributed by atoms with Gasteiger partial charge in [-0.3, -0.25) is 4.79 Å². The number of hydrogen-bond donors (Lipinski definition) is 0. The maximum atomic E-state index is 13.5. The van der Waals surface area contributed by atoms with Gasteiger partial charge in [0.1, 0.15) is 11.6 Å². The maximum absolute atomic E-state index is 13.5. The van der Waals surface area contributed by atoms with Gasteiger partial charge in [-0.2, -0.15) is 4.31 Å². The Bertz CT molecular complexity index is 1180. The van der Waals surface area contributed by atoms with E-state index in [1.54, 1.807) is 16.4 Å². The molecule has 2 saturated heterocycles. The van der Waals surface area contributed by atoms with Crippen molar-refractivity contribution in [2.45, 2.75) is 82.6 Å². The summed E-state index contributed by atoms with van der Waals surface area (Å²) in [5.41, 5.74) is 1.57. The highest BCUT2D eigenvalue weighted by molar-refractivity contribution is 7.89. The van der Waals surface area contributed by atoms with Crippen molar-refractivity contribution in [3.8, 4) is 0 Å². The number of nitrogens with zero attached hydrogens (tertiary/aromatic N) is 3. The molecule has 2 aromatic rings. The molecule has 3 fully saturated rings. The molecular weight excluding hydrogens is 462 g/mol. The summed E-state index contributed by atoms with van der Waals surface area (Å²) in [6, 6.07) is 5.40. The van der Waals surface area contributed by atoms with Gasteiger partial charge < -0.3 is 9.30 Å². The number of imidazole rings is 1. The number of rotatable bonds is 7. The van der Waals surface area contributed by atoms with E-state index in [4.69, 9.17) is 9.72 Å². The average molecular weight is 502 g/mol. The maximum Gasteiger partial charge on any atom is 0.243 e. The Hall–Kier alpha value is -1.77. The molecule has 2 aliphatic heterocycles. The monoisotopic (exact) mass is 501 g/mol. The zero-order valence-electron chi connectivity index (χ0n) is 21.3. The van der Waals surface area contributed by atoms with Gasteiger partial charge in [0.2, 0.25) is 10.0 Å². The fourth-order valence-corrected chi connectivity index (χ4v) is 7.05. The highest BCUT2D eigenvalue weighted by Crippen LogP contribution is 2.36. The van der Waals surface area contributed by atoms with Crippen LogP contribution in [-0.2, 0) is 31.5 Å². The molecule has 5 rings (SSSR count). The highest BCUT2D eigenvalue weighted by atomic mass is 32.2. The highest BCUT2D eigenvalue weighted by Gasteiger charge is 2.35. The molecule has 35 heavy (non-hydrogen) atoms. The minimum absolute atomic E-state index is 0.0137. The van der Waals surface area contributed by atoms with Crippen molar-refractivity contribution in [1.82, 2.24) is 13.9 Å². The molecule has 7 nitrogen and oxygen atoms in total. The summed E-state index contributed by atoms with van der Waals surface area (Å²) >= 11 is 0. The van der Waals surface area contributed by atoms with Crippen molar-refractivity contribution in [2.75, 3.05) is 26.3 Å². The minimum Gasteiger partial charge on any atom is -0.381 e. The van der Waals surface area contributed by atoms with Crippen molar-refractivity contribution in [3.05, 3.63) is 24.0 Å².